The standard InChI is InChI=1S/C9H10ClN.C4H10O2S/c10-9-5-7-3-1-2-4-8(7)6-11-9;1-4(3-5)6-7-2/h5-6H,1-4H2;4-5H,3H2,1-2H3. The molecule has 0 saturated carbocycles. The van der Waals surface area contributed by atoms with Gasteiger partial charge in [0.2, 0.25) is 0 Å². The Morgan fingerprint density at radius 2 is 2.11 bits per heavy atom. The van der Waals surface area contributed by atoms with E-state index in [-0.39, 0.29) is 12.7 Å². The topological polar surface area (TPSA) is 42.4 Å². The third-order valence-corrected chi connectivity index (χ3v) is 3.44. The van der Waals surface area contributed by atoms with Gasteiger partial charge in [-0.15, -0.1) is 0 Å². The fraction of sp³-hybridized carbons (Fsp3) is 0.615. The monoisotopic (exact) mass is 289 g/mol. The van der Waals surface area contributed by atoms with Crippen LogP contribution >= 0.6 is 23.6 Å². The highest BCUT2D eigenvalue weighted by Gasteiger charge is 2.08. The quantitative estimate of drug-likeness (QED) is 0.685. The Bertz CT molecular complexity index is 363. The molecule has 1 aliphatic rings. The highest BCUT2D eigenvalue weighted by Crippen LogP contribution is 2.21. The van der Waals surface area contributed by atoms with Crippen molar-refractivity contribution in [3.05, 3.63) is 28.5 Å². The van der Waals surface area contributed by atoms with Crippen LogP contribution in [0.5, 0.6) is 0 Å². The summed E-state index contributed by atoms with van der Waals surface area (Å²) in [5.41, 5.74) is 2.79. The second-order valence-electron chi connectivity index (χ2n) is 4.24. The molecule has 0 spiro atoms. The predicted octanol–water partition coefficient (Wildman–Crippen LogP) is 3.28. The molecular formula is C13H20ClNO2S. The van der Waals surface area contributed by atoms with Crippen LogP contribution in [0, 0.1) is 0 Å². The van der Waals surface area contributed by atoms with Crippen LogP contribution < -0.4 is 0 Å². The van der Waals surface area contributed by atoms with Crippen molar-refractivity contribution in [2.45, 2.75) is 38.7 Å². The third kappa shape index (κ3) is 5.57. The van der Waals surface area contributed by atoms with Crippen LogP contribution in [-0.2, 0) is 17.0 Å². The first-order valence-electron chi connectivity index (χ1n) is 6.11. The molecule has 0 fully saturated rings. The molecule has 1 aromatic rings. The Morgan fingerprint density at radius 1 is 1.44 bits per heavy atom. The van der Waals surface area contributed by atoms with Crippen LogP contribution in [0.1, 0.15) is 30.9 Å². The Hall–Kier alpha value is -0.290. The van der Waals surface area contributed by atoms with E-state index in [1.54, 1.807) is 0 Å². The maximum Gasteiger partial charge on any atom is 0.129 e. The van der Waals surface area contributed by atoms with Gasteiger partial charge < -0.3 is 9.29 Å². The molecule has 102 valence electrons. The number of hydrogen-bond donors (Lipinski definition) is 1. The van der Waals surface area contributed by atoms with Gasteiger partial charge in [0.1, 0.15) is 5.15 Å². The van der Waals surface area contributed by atoms with E-state index in [0.717, 1.165) is 0 Å². The fourth-order valence-corrected chi connectivity index (χ4v) is 2.35. The molecule has 0 saturated heterocycles. The molecule has 1 N–H and O–H groups in total. The summed E-state index contributed by atoms with van der Waals surface area (Å²) in [6, 6.07) is 2.00. The van der Waals surface area contributed by atoms with Gasteiger partial charge in [-0.05, 0) is 61.8 Å². The summed E-state index contributed by atoms with van der Waals surface area (Å²) in [6.07, 6.45) is 8.67. The smallest absolute Gasteiger partial charge is 0.129 e. The van der Waals surface area contributed by atoms with Crippen molar-refractivity contribution >= 4 is 23.6 Å². The first-order chi connectivity index (χ1) is 8.67. The number of aliphatic hydroxyl groups excluding tert-OH is 1. The molecular weight excluding hydrogens is 270 g/mol. The maximum atomic E-state index is 8.33. The van der Waals surface area contributed by atoms with Crippen molar-refractivity contribution in [2.75, 3.05) is 12.9 Å². The van der Waals surface area contributed by atoms with Crippen molar-refractivity contribution in [1.29, 1.82) is 0 Å². The van der Waals surface area contributed by atoms with E-state index in [1.807, 2.05) is 25.4 Å². The number of fused-ring (bicyclic) bond motifs is 1. The average molecular weight is 290 g/mol. The van der Waals surface area contributed by atoms with Crippen LogP contribution in [-0.4, -0.2) is 29.1 Å². The van der Waals surface area contributed by atoms with E-state index in [1.165, 1.54) is 48.9 Å². The van der Waals surface area contributed by atoms with Crippen LogP contribution in [0.2, 0.25) is 5.15 Å². The molecule has 0 bridgehead atoms. The molecule has 0 aliphatic heterocycles. The van der Waals surface area contributed by atoms with Gasteiger partial charge in [-0.1, -0.05) is 11.6 Å². The van der Waals surface area contributed by atoms with Gasteiger partial charge >= 0.3 is 0 Å². The predicted molar refractivity (Wildman–Crippen MR) is 77.0 cm³/mol. The van der Waals surface area contributed by atoms with E-state index in [2.05, 4.69) is 4.98 Å². The molecule has 1 heterocycles. The van der Waals surface area contributed by atoms with Crippen LogP contribution in [0.4, 0.5) is 0 Å². The van der Waals surface area contributed by atoms with E-state index in [4.69, 9.17) is 20.9 Å². The lowest BCUT2D eigenvalue weighted by atomic mass is 9.94. The largest absolute Gasteiger partial charge is 0.394 e. The zero-order valence-corrected chi connectivity index (χ0v) is 12.4. The summed E-state index contributed by atoms with van der Waals surface area (Å²) in [4.78, 5) is 4.06. The molecule has 3 nitrogen and oxygen atoms in total. The van der Waals surface area contributed by atoms with Gasteiger partial charge in [0.15, 0.2) is 0 Å². The van der Waals surface area contributed by atoms with Gasteiger partial charge in [-0.25, -0.2) is 4.98 Å². The molecule has 1 atom stereocenters. The highest BCUT2D eigenvalue weighted by atomic mass is 35.5. The van der Waals surface area contributed by atoms with E-state index >= 15 is 0 Å². The second-order valence-corrected chi connectivity index (χ2v) is 5.15. The third-order valence-electron chi connectivity index (χ3n) is 2.71. The second kappa shape index (κ2) is 8.75. The number of aromatic nitrogens is 1. The first-order valence-corrected chi connectivity index (χ1v) is 7.63. The molecule has 5 heteroatoms. The van der Waals surface area contributed by atoms with Crippen molar-refractivity contribution in [3.8, 4) is 0 Å². The van der Waals surface area contributed by atoms with Gasteiger partial charge in [-0.3, -0.25) is 0 Å². The molecule has 0 aromatic carbocycles. The minimum atomic E-state index is -0.0324. The number of nitrogens with zero attached hydrogens (tertiary/aromatic N) is 1. The number of aryl methyl sites for hydroxylation is 2. The zero-order valence-electron chi connectivity index (χ0n) is 10.9. The number of halogens is 1. The number of pyridine rings is 1. The van der Waals surface area contributed by atoms with E-state index < -0.39 is 0 Å². The minimum Gasteiger partial charge on any atom is -0.394 e. The van der Waals surface area contributed by atoms with Crippen molar-refractivity contribution in [2.24, 2.45) is 0 Å². The SMILES string of the molecule is CSOC(C)CO.Clc1cc2c(cn1)CCCC2. The number of aliphatic hydroxyl groups is 1. The van der Waals surface area contributed by atoms with E-state index in [9.17, 15) is 0 Å². The van der Waals surface area contributed by atoms with Gasteiger partial charge in [-0.2, -0.15) is 0 Å². The van der Waals surface area contributed by atoms with E-state index in [0.29, 0.717) is 5.15 Å². The maximum absolute atomic E-state index is 8.33. The van der Waals surface area contributed by atoms with Crippen molar-refractivity contribution < 1.29 is 9.29 Å². The molecule has 0 amide bonds. The molecule has 1 unspecified atom stereocenters. The highest BCUT2D eigenvalue weighted by molar-refractivity contribution is 7.93. The van der Waals surface area contributed by atoms with Crippen molar-refractivity contribution in [3.63, 3.8) is 0 Å². The summed E-state index contributed by atoms with van der Waals surface area (Å²) in [6.45, 7) is 1.91. The first kappa shape index (κ1) is 15.8. The summed E-state index contributed by atoms with van der Waals surface area (Å²) in [7, 11) is 0. The lowest BCUT2D eigenvalue weighted by Crippen LogP contribution is -2.07. The van der Waals surface area contributed by atoms with Crippen molar-refractivity contribution in [1.82, 2.24) is 4.98 Å². The summed E-state index contributed by atoms with van der Waals surface area (Å²) >= 11 is 7.04. The van der Waals surface area contributed by atoms with Gasteiger partial charge in [0.05, 0.1) is 12.7 Å². The van der Waals surface area contributed by atoms with Crippen LogP contribution in [0.25, 0.3) is 0 Å². The average Bonchev–Trinajstić information content (AvgIpc) is 2.39. The number of rotatable bonds is 3. The molecule has 18 heavy (non-hydrogen) atoms. The van der Waals surface area contributed by atoms with Gasteiger partial charge in [0, 0.05) is 12.5 Å². The lowest BCUT2D eigenvalue weighted by Gasteiger charge is -2.14. The molecule has 0 radical (unpaired) electrons. The molecule has 1 aliphatic carbocycles. The summed E-state index contributed by atoms with van der Waals surface area (Å²) < 4.78 is 4.86. The normalized spacial score (nSPS) is 15.3. The fourth-order valence-electron chi connectivity index (χ4n) is 1.78. The Balaban J connectivity index is 0.000000203. The molecule has 1 aromatic heterocycles. The van der Waals surface area contributed by atoms with Crippen LogP contribution in [0.3, 0.4) is 0 Å². The Morgan fingerprint density at radius 3 is 2.67 bits per heavy atom. The van der Waals surface area contributed by atoms with Crippen LogP contribution in [0.15, 0.2) is 12.3 Å². The Kier molecular flexibility index (Phi) is 7.66. The molecule has 2 rings (SSSR count). The summed E-state index contributed by atoms with van der Waals surface area (Å²) in [5, 5.41) is 8.96. The number of hydrogen-bond acceptors (Lipinski definition) is 4. The minimum absolute atomic E-state index is 0.0324. The zero-order chi connectivity index (χ0) is 13.4. The van der Waals surface area contributed by atoms with Gasteiger partial charge in [0.25, 0.3) is 0 Å². The lowest BCUT2D eigenvalue weighted by molar-refractivity contribution is 0.151. The summed E-state index contributed by atoms with van der Waals surface area (Å²) in [5.74, 6) is 0. The Labute approximate surface area is 118 Å².